The molecule has 1 aromatic rings. The number of anilines is 1. The maximum atomic E-state index is 13.2. The van der Waals surface area contributed by atoms with E-state index in [0.29, 0.717) is 5.88 Å². The Labute approximate surface area is 120 Å². The van der Waals surface area contributed by atoms with Crippen LogP contribution in [0.2, 0.25) is 0 Å². The van der Waals surface area contributed by atoms with Crippen LogP contribution in [0.4, 0.5) is 10.1 Å². The average molecular weight is 285 g/mol. The fourth-order valence-corrected chi connectivity index (χ4v) is 3.06. The summed E-state index contributed by atoms with van der Waals surface area (Å²) in [6, 6.07) is 4.94. The van der Waals surface area contributed by atoms with Crippen molar-refractivity contribution in [1.82, 2.24) is 4.90 Å². The standard InChI is InChI=1S/C15H22ClFN2/c1-18(2)11-12-5-7-19(8-6-12)15-4-3-14(17)9-13(15)10-16/h3-4,9,12H,5-8,10-11H2,1-2H3. The Hall–Kier alpha value is -0.800. The van der Waals surface area contributed by atoms with Crippen LogP contribution in [-0.2, 0) is 5.88 Å². The van der Waals surface area contributed by atoms with Crippen molar-refractivity contribution in [2.24, 2.45) is 5.92 Å². The molecule has 0 spiro atoms. The average Bonchev–Trinajstić information content (AvgIpc) is 2.39. The zero-order valence-corrected chi connectivity index (χ0v) is 12.5. The molecule has 0 N–H and O–H groups in total. The molecule has 0 amide bonds. The van der Waals surface area contributed by atoms with Gasteiger partial charge in [-0.1, -0.05) is 0 Å². The highest BCUT2D eigenvalue weighted by atomic mass is 35.5. The van der Waals surface area contributed by atoms with Crippen molar-refractivity contribution in [2.45, 2.75) is 18.7 Å². The highest BCUT2D eigenvalue weighted by Crippen LogP contribution is 2.28. The quantitative estimate of drug-likeness (QED) is 0.783. The summed E-state index contributed by atoms with van der Waals surface area (Å²) in [5, 5.41) is 0. The number of rotatable bonds is 4. The van der Waals surface area contributed by atoms with Crippen LogP contribution >= 0.6 is 11.6 Å². The minimum absolute atomic E-state index is 0.207. The first kappa shape index (κ1) is 14.6. The minimum Gasteiger partial charge on any atom is -0.371 e. The summed E-state index contributed by atoms with van der Waals surface area (Å²) in [7, 11) is 4.25. The van der Waals surface area contributed by atoms with Gasteiger partial charge in [0, 0.05) is 31.2 Å². The predicted octanol–water partition coefficient (Wildman–Crippen LogP) is 3.34. The molecule has 0 unspecified atom stereocenters. The van der Waals surface area contributed by atoms with Gasteiger partial charge < -0.3 is 9.80 Å². The lowest BCUT2D eigenvalue weighted by molar-refractivity contribution is 0.285. The second kappa shape index (κ2) is 6.58. The number of hydrogen-bond acceptors (Lipinski definition) is 2. The summed E-state index contributed by atoms with van der Waals surface area (Å²) >= 11 is 5.92. The molecule has 4 heteroatoms. The van der Waals surface area contributed by atoms with Crippen LogP contribution in [-0.4, -0.2) is 38.6 Å². The fraction of sp³-hybridized carbons (Fsp3) is 0.600. The molecule has 1 aromatic carbocycles. The third-order valence-electron chi connectivity index (χ3n) is 3.76. The molecule has 1 heterocycles. The summed E-state index contributed by atoms with van der Waals surface area (Å²) in [6.45, 7) is 3.22. The summed E-state index contributed by atoms with van der Waals surface area (Å²) in [5.74, 6) is 0.929. The van der Waals surface area contributed by atoms with Gasteiger partial charge in [0.05, 0.1) is 0 Å². The lowest BCUT2D eigenvalue weighted by Gasteiger charge is -2.35. The van der Waals surface area contributed by atoms with Crippen molar-refractivity contribution < 1.29 is 4.39 Å². The molecule has 0 bridgehead atoms. The third kappa shape index (κ3) is 3.83. The number of benzene rings is 1. The Balaban J connectivity index is 2.01. The van der Waals surface area contributed by atoms with Crippen LogP contribution < -0.4 is 4.90 Å². The number of nitrogens with zero attached hydrogens (tertiary/aromatic N) is 2. The largest absolute Gasteiger partial charge is 0.371 e. The highest BCUT2D eigenvalue weighted by Gasteiger charge is 2.21. The zero-order chi connectivity index (χ0) is 13.8. The maximum Gasteiger partial charge on any atom is 0.123 e. The molecule has 1 aliphatic heterocycles. The molecule has 0 saturated carbocycles. The Bertz CT molecular complexity index is 415. The Morgan fingerprint density at radius 1 is 1.32 bits per heavy atom. The van der Waals surface area contributed by atoms with Crippen LogP contribution in [0.1, 0.15) is 18.4 Å². The van der Waals surface area contributed by atoms with E-state index in [2.05, 4.69) is 23.9 Å². The topological polar surface area (TPSA) is 6.48 Å². The minimum atomic E-state index is -0.207. The first-order valence-electron chi connectivity index (χ1n) is 6.84. The molecule has 2 rings (SSSR count). The van der Waals surface area contributed by atoms with E-state index in [-0.39, 0.29) is 5.82 Å². The molecular weight excluding hydrogens is 263 g/mol. The second-order valence-corrected chi connectivity index (χ2v) is 5.87. The first-order valence-corrected chi connectivity index (χ1v) is 7.37. The molecule has 0 radical (unpaired) electrons. The van der Waals surface area contributed by atoms with Gasteiger partial charge in [-0.25, -0.2) is 4.39 Å². The summed E-state index contributed by atoms with van der Waals surface area (Å²) in [5.41, 5.74) is 1.99. The van der Waals surface area contributed by atoms with Gasteiger partial charge in [-0.15, -0.1) is 11.6 Å². The molecule has 2 nitrogen and oxygen atoms in total. The lowest BCUT2D eigenvalue weighted by atomic mass is 9.95. The molecule has 0 atom stereocenters. The maximum absolute atomic E-state index is 13.2. The van der Waals surface area contributed by atoms with Crippen molar-refractivity contribution in [2.75, 3.05) is 38.6 Å². The van der Waals surface area contributed by atoms with Crippen molar-refractivity contribution in [3.05, 3.63) is 29.6 Å². The van der Waals surface area contributed by atoms with Gasteiger partial charge in [0.15, 0.2) is 0 Å². The van der Waals surface area contributed by atoms with Crippen molar-refractivity contribution in [1.29, 1.82) is 0 Å². The summed E-state index contributed by atoms with van der Waals surface area (Å²) < 4.78 is 13.2. The lowest BCUT2D eigenvalue weighted by Crippen LogP contribution is -2.37. The third-order valence-corrected chi connectivity index (χ3v) is 4.05. The van der Waals surface area contributed by atoms with Gasteiger partial charge in [-0.05, 0) is 56.6 Å². The van der Waals surface area contributed by atoms with Crippen LogP contribution in [0.5, 0.6) is 0 Å². The molecule has 0 aromatic heterocycles. The second-order valence-electron chi connectivity index (χ2n) is 5.60. The van der Waals surface area contributed by atoms with E-state index in [1.807, 2.05) is 6.07 Å². The van der Waals surface area contributed by atoms with Crippen molar-refractivity contribution in [3.8, 4) is 0 Å². The van der Waals surface area contributed by atoms with Gasteiger partial charge in [-0.3, -0.25) is 0 Å². The van der Waals surface area contributed by atoms with Gasteiger partial charge in [-0.2, -0.15) is 0 Å². The van der Waals surface area contributed by atoms with Crippen molar-refractivity contribution >= 4 is 17.3 Å². The Kier molecular flexibility index (Phi) is 5.06. The number of hydrogen-bond donors (Lipinski definition) is 0. The zero-order valence-electron chi connectivity index (χ0n) is 11.7. The van der Waals surface area contributed by atoms with E-state index < -0.39 is 0 Å². The normalized spacial score (nSPS) is 17.2. The van der Waals surface area contributed by atoms with Crippen molar-refractivity contribution in [3.63, 3.8) is 0 Å². The Morgan fingerprint density at radius 3 is 2.58 bits per heavy atom. The highest BCUT2D eigenvalue weighted by molar-refractivity contribution is 6.17. The molecule has 1 aliphatic rings. The molecular formula is C15H22ClFN2. The first-order chi connectivity index (χ1) is 9.10. The summed E-state index contributed by atoms with van der Waals surface area (Å²) in [4.78, 5) is 4.59. The molecule has 0 aliphatic carbocycles. The van der Waals surface area contributed by atoms with E-state index >= 15 is 0 Å². The molecule has 19 heavy (non-hydrogen) atoms. The van der Waals surface area contributed by atoms with E-state index in [1.54, 1.807) is 6.07 Å². The molecule has 106 valence electrons. The van der Waals surface area contributed by atoms with Crippen LogP contribution in [0.15, 0.2) is 18.2 Å². The van der Waals surface area contributed by atoms with E-state index in [1.165, 1.54) is 18.9 Å². The predicted molar refractivity (Wildman–Crippen MR) is 79.4 cm³/mol. The Morgan fingerprint density at radius 2 is 2.00 bits per heavy atom. The number of piperidine rings is 1. The molecule has 1 saturated heterocycles. The van der Waals surface area contributed by atoms with Crippen LogP contribution in [0.25, 0.3) is 0 Å². The number of halogens is 2. The smallest absolute Gasteiger partial charge is 0.123 e. The van der Waals surface area contributed by atoms with E-state index in [9.17, 15) is 4.39 Å². The fourth-order valence-electron chi connectivity index (χ4n) is 2.84. The van der Waals surface area contributed by atoms with Gasteiger partial charge in [0.1, 0.15) is 5.82 Å². The van der Waals surface area contributed by atoms with Crippen LogP contribution in [0.3, 0.4) is 0 Å². The molecule has 1 fully saturated rings. The monoisotopic (exact) mass is 284 g/mol. The number of alkyl halides is 1. The van der Waals surface area contributed by atoms with E-state index in [4.69, 9.17) is 11.6 Å². The van der Waals surface area contributed by atoms with Gasteiger partial charge >= 0.3 is 0 Å². The van der Waals surface area contributed by atoms with Crippen LogP contribution in [0, 0.1) is 11.7 Å². The SMILES string of the molecule is CN(C)CC1CCN(c2ccc(F)cc2CCl)CC1. The van der Waals surface area contributed by atoms with Gasteiger partial charge in [0.2, 0.25) is 0 Å². The van der Waals surface area contributed by atoms with E-state index in [0.717, 1.165) is 36.8 Å². The van der Waals surface area contributed by atoms with Gasteiger partial charge in [0.25, 0.3) is 0 Å². The summed E-state index contributed by atoms with van der Waals surface area (Å²) in [6.07, 6.45) is 2.38.